The second-order valence-electron chi connectivity index (χ2n) is 21.0. The smallest absolute Gasteiger partial charge is 0.324 e. The molecule has 6 aliphatic rings. The third-order valence-corrected chi connectivity index (χ3v) is 16.7. The van der Waals surface area contributed by atoms with E-state index in [1.165, 1.54) is 34.8 Å². The summed E-state index contributed by atoms with van der Waals surface area (Å²) in [6.07, 6.45) is 7.36. The van der Waals surface area contributed by atoms with Gasteiger partial charge in [0.2, 0.25) is 5.91 Å². The molecule has 3 saturated heterocycles. The number of morpholine rings is 1. The molecule has 2 amide bonds. The lowest BCUT2D eigenvalue weighted by Crippen LogP contribution is -2.61. The van der Waals surface area contributed by atoms with Crippen molar-refractivity contribution in [2.45, 2.75) is 148 Å². The normalized spacial score (nSPS) is 30.4. The summed E-state index contributed by atoms with van der Waals surface area (Å²) in [6.45, 7) is 17.7. The Bertz CT molecular complexity index is 2500. The molecular weight excluding hydrogens is 867 g/mol. The van der Waals surface area contributed by atoms with Crippen LogP contribution in [-0.4, -0.2) is 113 Å². The molecule has 2 aliphatic carbocycles. The first kappa shape index (κ1) is 46.5. The van der Waals surface area contributed by atoms with Crippen LogP contribution >= 0.6 is 11.3 Å². The van der Waals surface area contributed by atoms with E-state index in [1.54, 1.807) is 7.11 Å². The Morgan fingerprint density at radius 3 is 2.51 bits per heavy atom. The molecule has 7 heterocycles. The van der Waals surface area contributed by atoms with Gasteiger partial charge in [0.25, 0.3) is 5.91 Å². The number of ether oxygens (including phenoxy) is 4. The van der Waals surface area contributed by atoms with Gasteiger partial charge >= 0.3 is 5.97 Å². The van der Waals surface area contributed by atoms with Gasteiger partial charge in [0.1, 0.15) is 23.2 Å². The van der Waals surface area contributed by atoms with E-state index in [1.807, 2.05) is 12.3 Å². The largest absolute Gasteiger partial charge is 0.464 e. The zero-order valence-corrected chi connectivity index (χ0v) is 41.3. The second-order valence-corrected chi connectivity index (χ2v) is 21.9. The van der Waals surface area contributed by atoms with E-state index < -0.39 is 29.6 Å². The number of nitrogens with zero attached hydrogens (tertiary/aromatic N) is 5. The summed E-state index contributed by atoms with van der Waals surface area (Å²) < 4.78 is 27.3. The number of hydrogen-bond donors (Lipinski definition) is 2. The fraction of sp³-hybridized carbons (Fsp3) is 0.635. The van der Waals surface area contributed by atoms with Crippen LogP contribution in [0.25, 0.3) is 33.4 Å². The molecule has 5 fully saturated rings. The predicted octanol–water partition coefficient (Wildman–Crippen LogP) is 7.75. The van der Waals surface area contributed by atoms with Crippen molar-refractivity contribution in [3.63, 3.8) is 0 Å². The van der Waals surface area contributed by atoms with Gasteiger partial charge in [0, 0.05) is 89.9 Å². The molecule has 4 aliphatic heterocycles. The molecule has 10 rings (SSSR count). The number of fused-ring (bicyclic) bond motifs is 8. The van der Waals surface area contributed by atoms with Crippen LogP contribution in [0.4, 0.5) is 0 Å². The number of carbonyl (C=O) groups excluding carboxylic acids is 3. The summed E-state index contributed by atoms with van der Waals surface area (Å²) >= 11 is 1.42. The van der Waals surface area contributed by atoms with Gasteiger partial charge < -0.3 is 28.8 Å². The summed E-state index contributed by atoms with van der Waals surface area (Å²) in [5.41, 5.74) is 11.0. The van der Waals surface area contributed by atoms with Crippen LogP contribution in [0.2, 0.25) is 0 Å². The number of hydrogen-bond acceptors (Lipinski definition) is 12. The molecule has 0 radical (unpaired) electrons. The highest BCUT2D eigenvalue weighted by molar-refractivity contribution is 7.10. The van der Waals surface area contributed by atoms with Crippen molar-refractivity contribution in [2.75, 3.05) is 40.1 Å². The van der Waals surface area contributed by atoms with Crippen molar-refractivity contribution in [2.24, 2.45) is 23.2 Å². The van der Waals surface area contributed by atoms with Crippen LogP contribution in [-0.2, 0) is 46.3 Å². The molecule has 1 unspecified atom stereocenters. The number of rotatable bonds is 10. The molecular formula is C52H69N7O7S. The Kier molecular flexibility index (Phi) is 12.9. The lowest BCUT2D eigenvalue weighted by Gasteiger charge is -2.49. The summed E-state index contributed by atoms with van der Waals surface area (Å²) in [4.78, 5) is 55.8. The third kappa shape index (κ3) is 8.86. The molecule has 2 N–H and O–H groups in total. The number of aromatic nitrogens is 3. The molecule has 360 valence electrons. The maximum atomic E-state index is 14.7. The zero-order chi connectivity index (χ0) is 46.9. The molecule has 2 saturated carbocycles. The van der Waals surface area contributed by atoms with Gasteiger partial charge in [-0.05, 0) is 113 Å². The molecule has 14 nitrogen and oxygen atoms in total. The van der Waals surface area contributed by atoms with Crippen molar-refractivity contribution in [1.29, 1.82) is 0 Å². The minimum absolute atomic E-state index is 0.165. The predicted molar refractivity (Wildman–Crippen MR) is 257 cm³/mol. The summed E-state index contributed by atoms with van der Waals surface area (Å²) in [7, 11) is 1.75. The zero-order valence-electron chi connectivity index (χ0n) is 40.5. The van der Waals surface area contributed by atoms with Crippen molar-refractivity contribution in [3.8, 4) is 22.5 Å². The minimum atomic E-state index is -1.08. The number of methoxy groups -OCH3 is 1. The number of amides is 2. The van der Waals surface area contributed by atoms with Crippen molar-refractivity contribution in [3.05, 3.63) is 57.7 Å². The van der Waals surface area contributed by atoms with E-state index in [9.17, 15) is 14.4 Å². The van der Waals surface area contributed by atoms with Crippen LogP contribution in [0.1, 0.15) is 127 Å². The molecule has 4 aromatic rings. The quantitative estimate of drug-likeness (QED) is 0.150. The molecule has 3 aromatic heterocycles. The standard InChI is InChI=1S/C52H69N7O7S/c1-9-57-42-16-13-31-20-37(42)39(46(57)38-21-33(23-53-44(38)30(5)63-8)32-18-35-24-64-25-36(19-32)59(35)34-14-15-34)22-52(6,7)27-66-51(62)40-12-11-17-58(56-40)50(61)45(55-48(60)43-28(3)29(43)4)47(65-10-2)49-54-41(31)26-67-49/h13,16,20-21,23,26,28-30,32,34-36,40,43,45,47,56H,9-12,14-15,17-19,22,24-25,27H2,1-8H3,(H,55,60)/t28-,29+,30-,35+,36+,40-,43?,45-,47-/m0/s1. The first-order chi connectivity index (χ1) is 32.3. The minimum Gasteiger partial charge on any atom is -0.464 e. The maximum absolute atomic E-state index is 14.7. The average molecular weight is 936 g/mol. The van der Waals surface area contributed by atoms with Crippen molar-refractivity contribution in [1.82, 2.24) is 35.2 Å². The maximum Gasteiger partial charge on any atom is 0.324 e. The van der Waals surface area contributed by atoms with E-state index in [0.717, 1.165) is 70.7 Å². The van der Waals surface area contributed by atoms with E-state index in [2.05, 4.69) is 92.2 Å². The highest BCUT2D eigenvalue weighted by Gasteiger charge is 2.51. The topological polar surface area (TPSA) is 149 Å². The van der Waals surface area contributed by atoms with Crippen molar-refractivity contribution >= 4 is 40.0 Å². The SMILES string of the molecule is CCO[C@@H]1c2nc(cs2)-c2ccc3c(c2)c(c(-c2cc(C4C[C@@H]5COC[C@@H](C4)N5C4CC4)cnc2[C@H](C)OC)n3CC)CC(C)(C)COC(=O)[C@@H]2CCCN(N2)C(=O)[C@H]1NC(=O)C1[C@@H](C)[C@H]1C. The van der Waals surface area contributed by atoms with Gasteiger partial charge in [-0.1, -0.05) is 33.8 Å². The van der Waals surface area contributed by atoms with Crippen LogP contribution in [0.5, 0.6) is 0 Å². The Balaban J connectivity index is 1.10. The highest BCUT2D eigenvalue weighted by atomic mass is 32.1. The Labute approximate surface area is 398 Å². The molecule has 8 bridgehead atoms. The number of benzene rings is 1. The second kappa shape index (κ2) is 18.6. The van der Waals surface area contributed by atoms with Gasteiger partial charge in [0.05, 0.1) is 43.0 Å². The van der Waals surface area contributed by atoms with Gasteiger partial charge in [-0.3, -0.25) is 29.3 Å². The van der Waals surface area contributed by atoms with E-state index in [0.29, 0.717) is 68.0 Å². The number of piperidine rings is 1. The summed E-state index contributed by atoms with van der Waals surface area (Å²) in [5.74, 6) is -0.359. The molecule has 0 spiro atoms. The fourth-order valence-electron chi connectivity index (χ4n) is 11.8. The lowest BCUT2D eigenvalue weighted by atomic mass is 9.80. The monoisotopic (exact) mass is 935 g/mol. The first-order valence-corrected chi connectivity index (χ1v) is 25.8. The van der Waals surface area contributed by atoms with E-state index in [-0.39, 0.29) is 42.3 Å². The van der Waals surface area contributed by atoms with Gasteiger partial charge in [-0.2, -0.15) is 0 Å². The van der Waals surface area contributed by atoms with E-state index >= 15 is 0 Å². The number of esters is 1. The first-order valence-electron chi connectivity index (χ1n) is 24.9. The Morgan fingerprint density at radius 2 is 1.82 bits per heavy atom. The van der Waals surface area contributed by atoms with Crippen LogP contribution in [0.3, 0.4) is 0 Å². The number of nitrogens with one attached hydrogen (secondary N) is 2. The molecule has 15 heteroatoms. The molecule has 67 heavy (non-hydrogen) atoms. The number of hydrazine groups is 1. The Morgan fingerprint density at radius 1 is 1.06 bits per heavy atom. The number of cyclic esters (lactones) is 1. The molecule has 9 atom stereocenters. The molecule has 1 aromatic carbocycles. The lowest BCUT2D eigenvalue weighted by molar-refractivity contribution is -0.156. The van der Waals surface area contributed by atoms with Gasteiger partial charge in [-0.15, -0.1) is 11.3 Å². The highest BCUT2D eigenvalue weighted by Crippen LogP contribution is 2.48. The van der Waals surface area contributed by atoms with Crippen molar-refractivity contribution < 1.29 is 33.3 Å². The number of pyridine rings is 1. The summed E-state index contributed by atoms with van der Waals surface area (Å²) in [5, 5.41) is 8.30. The van der Waals surface area contributed by atoms with Crippen LogP contribution in [0, 0.1) is 23.2 Å². The van der Waals surface area contributed by atoms with Crippen LogP contribution < -0.4 is 10.7 Å². The van der Waals surface area contributed by atoms with Crippen LogP contribution in [0.15, 0.2) is 35.8 Å². The van der Waals surface area contributed by atoms with E-state index in [4.69, 9.17) is 28.9 Å². The fourth-order valence-corrected chi connectivity index (χ4v) is 12.7. The third-order valence-electron chi connectivity index (χ3n) is 15.8. The Hall–Kier alpha value is -4.25. The average Bonchev–Trinajstić information content (AvgIpc) is 4.18. The van der Waals surface area contributed by atoms with Gasteiger partial charge in [0.15, 0.2) is 0 Å². The summed E-state index contributed by atoms with van der Waals surface area (Å²) in [6, 6.07) is 8.70. The van der Waals surface area contributed by atoms with Gasteiger partial charge in [-0.25, -0.2) is 10.4 Å². The number of aryl methyl sites for hydroxylation is 1. The number of carbonyl (C=O) groups is 3. The number of thiazole rings is 1.